The highest BCUT2D eigenvalue weighted by atomic mass is 14.9. The van der Waals surface area contributed by atoms with Crippen molar-refractivity contribution in [3.05, 3.63) is 0 Å². The van der Waals surface area contributed by atoms with Gasteiger partial charge < -0.3 is 5.32 Å². The van der Waals surface area contributed by atoms with Crippen LogP contribution in [0, 0.1) is 17.3 Å². The molecular weight excluding hydrogens is 182 g/mol. The Morgan fingerprint density at radius 2 is 1.93 bits per heavy atom. The molecule has 90 valence electrons. The van der Waals surface area contributed by atoms with Crippen LogP contribution in [0.25, 0.3) is 0 Å². The lowest BCUT2D eigenvalue weighted by Gasteiger charge is -2.27. The minimum absolute atomic E-state index is 0.485. The molecule has 1 aliphatic carbocycles. The van der Waals surface area contributed by atoms with Gasteiger partial charge in [0.2, 0.25) is 0 Å². The van der Waals surface area contributed by atoms with Crippen LogP contribution >= 0.6 is 0 Å². The highest BCUT2D eigenvalue weighted by molar-refractivity contribution is 4.83. The van der Waals surface area contributed by atoms with Gasteiger partial charge in [0.05, 0.1) is 0 Å². The summed E-state index contributed by atoms with van der Waals surface area (Å²) in [6.07, 6.45) is 7.01. The normalized spacial score (nSPS) is 29.4. The summed E-state index contributed by atoms with van der Waals surface area (Å²) in [5, 5.41) is 3.54. The average Bonchev–Trinajstić information content (AvgIpc) is 2.51. The second kappa shape index (κ2) is 5.34. The summed E-state index contributed by atoms with van der Waals surface area (Å²) in [6, 6.07) is 0.758. The Kier molecular flexibility index (Phi) is 4.64. The third kappa shape index (κ3) is 4.55. The third-order valence-electron chi connectivity index (χ3n) is 3.88. The zero-order chi connectivity index (χ0) is 11.5. The van der Waals surface area contributed by atoms with E-state index in [1.807, 2.05) is 0 Å². The summed E-state index contributed by atoms with van der Waals surface area (Å²) >= 11 is 0. The summed E-state index contributed by atoms with van der Waals surface area (Å²) in [6.45, 7) is 9.43. The van der Waals surface area contributed by atoms with Crippen molar-refractivity contribution in [3.63, 3.8) is 0 Å². The van der Waals surface area contributed by atoms with Crippen LogP contribution in [-0.4, -0.2) is 13.1 Å². The van der Waals surface area contributed by atoms with Crippen LogP contribution in [0.3, 0.4) is 0 Å². The highest BCUT2D eigenvalue weighted by Gasteiger charge is 2.28. The van der Waals surface area contributed by atoms with E-state index in [2.05, 4.69) is 40.1 Å². The van der Waals surface area contributed by atoms with E-state index in [0.29, 0.717) is 5.41 Å². The first-order valence-corrected chi connectivity index (χ1v) is 6.59. The molecule has 0 saturated heterocycles. The van der Waals surface area contributed by atoms with E-state index < -0.39 is 0 Å². The maximum absolute atomic E-state index is 3.54. The first-order valence-electron chi connectivity index (χ1n) is 6.59. The molecule has 0 aromatic heterocycles. The lowest BCUT2D eigenvalue weighted by atomic mass is 9.85. The first-order chi connectivity index (χ1) is 6.92. The zero-order valence-corrected chi connectivity index (χ0v) is 11.3. The molecule has 3 unspecified atom stereocenters. The fraction of sp³-hybridized carbons (Fsp3) is 1.00. The van der Waals surface area contributed by atoms with Crippen molar-refractivity contribution in [1.29, 1.82) is 0 Å². The number of hydrogen-bond acceptors (Lipinski definition) is 1. The molecule has 0 aliphatic heterocycles. The van der Waals surface area contributed by atoms with Gasteiger partial charge in [-0.15, -0.1) is 0 Å². The van der Waals surface area contributed by atoms with E-state index >= 15 is 0 Å². The van der Waals surface area contributed by atoms with Crippen LogP contribution in [0.1, 0.15) is 59.8 Å². The van der Waals surface area contributed by atoms with Crippen LogP contribution in [0.2, 0.25) is 0 Å². The second-order valence-electron chi connectivity index (χ2n) is 6.67. The third-order valence-corrected chi connectivity index (χ3v) is 3.88. The summed E-state index contributed by atoms with van der Waals surface area (Å²) in [5.41, 5.74) is 0.485. The summed E-state index contributed by atoms with van der Waals surface area (Å²) in [4.78, 5) is 0. The van der Waals surface area contributed by atoms with Gasteiger partial charge in [-0.2, -0.15) is 0 Å². The van der Waals surface area contributed by atoms with E-state index in [1.54, 1.807) is 0 Å². The first kappa shape index (κ1) is 13.0. The molecule has 1 aliphatic rings. The summed E-state index contributed by atoms with van der Waals surface area (Å²) in [7, 11) is 2.14. The molecule has 1 fully saturated rings. The van der Waals surface area contributed by atoms with Crippen molar-refractivity contribution in [1.82, 2.24) is 5.32 Å². The molecule has 1 nitrogen and oxygen atoms in total. The van der Waals surface area contributed by atoms with Crippen molar-refractivity contribution >= 4 is 0 Å². The number of rotatable bonds is 4. The van der Waals surface area contributed by atoms with Crippen molar-refractivity contribution in [2.75, 3.05) is 7.05 Å². The SMILES string of the molecule is CNC(CCC(C)(C)C)C1CCC(C)C1. The quantitative estimate of drug-likeness (QED) is 0.745. The summed E-state index contributed by atoms with van der Waals surface area (Å²) < 4.78 is 0. The van der Waals surface area contributed by atoms with Crippen molar-refractivity contribution in [2.45, 2.75) is 65.8 Å². The van der Waals surface area contributed by atoms with Gasteiger partial charge in [0.1, 0.15) is 0 Å². The van der Waals surface area contributed by atoms with E-state index in [9.17, 15) is 0 Å². The Hall–Kier alpha value is -0.0400. The maximum atomic E-state index is 3.54. The molecular formula is C14H29N. The van der Waals surface area contributed by atoms with E-state index in [-0.39, 0.29) is 0 Å². The van der Waals surface area contributed by atoms with Gasteiger partial charge >= 0.3 is 0 Å². The molecule has 3 atom stereocenters. The maximum Gasteiger partial charge on any atom is 0.00926 e. The van der Waals surface area contributed by atoms with Crippen molar-refractivity contribution in [2.24, 2.45) is 17.3 Å². The Bertz CT molecular complexity index is 180. The fourth-order valence-electron chi connectivity index (χ4n) is 2.82. The molecule has 1 heteroatoms. The predicted octanol–water partition coefficient (Wildman–Crippen LogP) is 3.84. The molecule has 1 rings (SSSR count). The number of nitrogens with one attached hydrogen (secondary N) is 1. The van der Waals surface area contributed by atoms with Crippen LogP contribution in [-0.2, 0) is 0 Å². The highest BCUT2D eigenvalue weighted by Crippen LogP contribution is 2.35. The smallest absolute Gasteiger partial charge is 0.00926 e. The van der Waals surface area contributed by atoms with Crippen molar-refractivity contribution < 1.29 is 0 Å². The minimum atomic E-state index is 0.485. The summed E-state index contributed by atoms with van der Waals surface area (Å²) in [5.74, 6) is 1.90. The van der Waals surface area contributed by atoms with Gasteiger partial charge in [-0.25, -0.2) is 0 Å². The molecule has 0 heterocycles. The van der Waals surface area contributed by atoms with Gasteiger partial charge in [-0.1, -0.05) is 34.1 Å². The van der Waals surface area contributed by atoms with Crippen LogP contribution < -0.4 is 5.32 Å². The Morgan fingerprint density at radius 3 is 2.33 bits per heavy atom. The zero-order valence-electron chi connectivity index (χ0n) is 11.3. The molecule has 1 N–H and O–H groups in total. The van der Waals surface area contributed by atoms with Crippen LogP contribution in [0.4, 0.5) is 0 Å². The van der Waals surface area contributed by atoms with Gasteiger partial charge in [0.15, 0.2) is 0 Å². The van der Waals surface area contributed by atoms with Crippen LogP contribution in [0.5, 0.6) is 0 Å². The number of hydrogen-bond donors (Lipinski definition) is 1. The molecule has 0 bridgehead atoms. The van der Waals surface area contributed by atoms with Gasteiger partial charge in [0.25, 0.3) is 0 Å². The Balaban J connectivity index is 2.36. The lowest BCUT2D eigenvalue weighted by Crippen LogP contribution is -2.33. The second-order valence-corrected chi connectivity index (χ2v) is 6.67. The molecule has 0 aromatic rings. The molecule has 0 radical (unpaired) electrons. The lowest BCUT2D eigenvalue weighted by molar-refractivity contribution is 0.285. The molecule has 15 heavy (non-hydrogen) atoms. The predicted molar refractivity (Wildman–Crippen MR) is 68.0 cm³/mol. The monoisotopic (exact) mass is 211 g/mol. The van der Waals surface area contributed by atoms with Gasteiger partial charge in [0, 0.05) is 6.04 Å². The molecule has 0 spiro atoms. The van der Waals surface area contributed by atoms with E-state index in [1.165, 1.54) is 32.1 Å². The van der Waals surface area contributed by atoms with Crippen LogP contribution in [0.15, 0.2) is 0 Å². The Morgan fingerprint density at radius 1 is 1.27 bits per heavy atom. The standard InChI is InChI=1S/C14H29N/c1-11-6-7-12(10-11)13(15-5)8-9-14(2,3)4/h11-13,15H,6-10H2,1-5H3. The molecule has 0 amide bonds. The van der Waals surface area contributed by atoms with Gasteiger partial charge in [-0.3, -0.25) is 0 Å². The average molecular weight is 211 g/mol. The molecule has 1 saturated carbocycles. The van der Waals surface area contributed by atoms with E-state index in [4.69, 9.17) is 0 Å². The fourth-order valence-corrected chi connectivity index (χ4v) is 2.82. The van der Waals surface area contributed by atoms with Crippen molar-refractivity contribution in [3.8, 4) is 0 Å². The van der Waals surface area contributed by atoms with E-state index in [0.717, 1.165) is 17.9 Å². The molecule has 0 aromatic carbocycles. The largest absolute Gasteiger partial charge is 0.317 e. The minimum Gasteiger partial charge on any atom is -0.317 e. The topological polar surface area (TPSA) is 12.0 Å². The van der Waals surface area contributed by atoms with Gasteiger partial charge in [-0.05, 0) is 50.0 Å². The Labute approximate surface area is 96.0 Å².